The van der Waals surface area contributed by atoms with Crippen LogP contribution in [0.3, 0.4) is 0 Å². The number of aliphatic carboxylic acids is 1. The van der Waals surface area contributed by atoms with Crippen molar-refractivity contribution in [3.05, 3.63) is 29.0 Å². The molecule has 3 rings (SSSR count). The number of aryl methyl sites for hydroxylation is 1. The number of aromatic amines is 1. The van der Waals surface area contributed by atoms with Gasteiger partial charge in [-0.25, -0.2) is 0 Å². The van der Waals surface area contributed by atoms with Gasteiger partial charge in [-0.1, -0.05) is 0 Å². The van der Waals surface area contributed by atoms with Crippen molar-refractivity contribution in [2.45, 2.75) is 19.3 Å². The van der Waals surface area contributed by atoms with E-state index in [1.54, 1.807) is 0 Å². The van der Waals surface area contributed by atoms with Crippen molar-refractivity contribution in [3.63, 3.8) is 0 Å². The second-order valence-corrected chi connectivity index (χ2v) is 5.33. The summed E-state index contributed by atoms with van der Waals surface area (Å²) in [5.41, 5.74) is 5.13. The summed E-state index contributed by atoms with van der Waals surface area (Å²) in [6.45, 7) is 2.85. The summed E-state index contributed by atoms with van der Waals surface area (Å²) in [7, 11) is 0. The average molecular weight is 315 g/mol. The Hall–Kier alpha value is -1.39. The second kappa shape index (κ2) is 5.54. The third-order valence-corrected chi connectivity index (χ3v) is 4.12. The van der Waals surface area contributed by atoms with E-state index < -0.39 is 5.97 Å². The molecular weight excluding hydrogens is 299 g/mol. The summed E-state index contributed by atoms with van der Waals surface area (Å²) < 4.78 is 0. The zero-order valence-corrected chi connectivity index (χ0v) is 12.6. The van der Waals surface area contributed by atoms with Crippen LogP contribution in [0.4, 0.5) is 5.69 Å². The number of fused-ring (bicyclic) bond motifs is 3. The molecule has 1 atom stereocenters. The van der Waals surface area contributed by atoms with Crippen molar-refractivity contribution >= 4 is 46.6 Å². The van der Waals surface area contributed by atoms with Gasteiger partial charge in [0.2, 0.25) is 0 Å². The first-order valence-electron chi connectivity index (χ1n) is 6.27. The van der Waals surface area contributed by atoms with Crippen molar-refractivity contribution in [2.24, 2.45) is 0 Å². The molecule has 0 fully saturated rings. The minimum Gasteiger partial charge on any atom is -0.481 e. The highest BCUT2D eigenvalue weighted by Gasteiger charge is 2.27. The topological polar surface area (TPSA) is 65.1 Å². The fourth-order valence-electron chi connectivity index (χ4n) is 2.92. The molecule has 3 N–H and O–H groups in total. The first-order chi connectivity index (χ1) is 9.11. The number of rotatable bonds is 3. The minimum atomic E-state index is -0.819. The highest BCUT2D eigenvalue weighted by molar-refractivity contribution is 6.18. The Balaban J connectivity index is 0.00000147. The number of alkyl halides is 1. The lowest BCUT2D eigenvalue weighted by Crippen LogP contribution is -2.03. The van der Waals surface area contributed by atoms with Crippen molar-refractivity contribution < 1.29 is 9.90 Å². The number of hydrogen-bond acceptors (Lipinski definition) is 2. The van der Waals surface area contributed by atoms with Gasteiger partial charge in [0.25, 0.3) is 0 Å². The van der Waals surface area contributed by atoms with Gasteiger partial charge in [-0.3, -0.25) is 4.79 Å². The number of H-pyrrole nitrogens is 1. The second-order valence-electron chi connectivity index (χ2n) is 5.02. The van der Waals surface area contributed by atoms with Crippen LogP contribution in [0.25, 0.3) is 10.9 Å². The fraction of sp³-hybridized carbons (Fsp3) is 0.357. The van der Waals surface area contributed by atoms with Gasteiger partial charge in [0, 0.05) is 41.1 Å². The number of hydrogen-bond donors (Lipinski definition) is 3. The van der Waals surface area contributed by atoms with Crippen molar-refractivity contribution in [3.8, 4) is 0 Å². The zero-order chi connectivity index (χ0) is 13.6. The standard InChI is InChI=1S/C14H15ClN2O2.ClH/c1-7-5-17-14-8(3-11(18)19)2-10-13(12(7)14)9(4-15)6-16-10;/h2,5,9,16-17H,3-4,6H2,1H3,(H,18,19);1H/t9-;/m1./s1. The molecule has 20 heavy (non-hydrogen) atoms. The van der Waals surface area contributed by atoms with E-state index in [0.717, 1.165) is 34.3 Å². The van der Waals surface area contributed by atoms with Crippen LogP contribution < -0.4 is 5.32 Å². The van der Waals surface area contributed by atoms with Gasteiger partial charge >= 0.3 is 5.97 Å². The van der Waals surface area contributed by atoms with Crippen LogP contribution in [0.5, 0.6) is 0 Å². The number of anilines is 1. The molecule has 1 aliphatic heterocycles. The lowest BCUT2D eigenvalue weighted by atomic mass is 9.94. The van der Waals surface area contributed by atoms with Gasteiger partial charge in [0.1, 0.15) is 0 Å². The predicted octanol–water partition coefficient (Wildman–Crippen LogP) is 3.27. The van der Waals surface area contributed by atoms with E-state index in [1.165, 1.54) is 5.56 Å². The molecule has 0 aliphatic carbocycles. The molecule has 0 radical (unpaired) electrons. The van der Waals surface area contributed by atoms with Crippen molar-refractivity contribution in [1.29, 1.82) is 0 Å². The lowest BCUT2D eigenvalue weighted by molar-refractivity contribution is -0.136. The SMILES string of the molecule is Cc1c[nH]c2c(CC(=O)O)cc3c(c12)[C@H](CCl)CN3.Cl. The summed E-state index contributed by atoms with van der Waals surface area (Å²) in [4.78, 5) is 14.2. The Labute approximate surface area is 127 Å². The third kappa shape index (κ3) is 2.23. The maximum absolute atomic E-state index is 11.0. The Morgan fingerprint density at radius 2 is 2.30 bits per heavy atom. The summed E-state index contributed by atoms with van der Waals surface area (Å²) in [5.74, 6) is 0.0331. The molecule has 0 saturated carbocycles. The number of halogens is 2. The number of nitrogens with one attached hydrogen (secondary N) is 2. The maximum Gasteiger partial charge on any atom is 0.307 e. The van der Waals surface area contributed by atoms with E-state index in [9.17, 15) is 4.79 Å². The quantitative estimate of drug-likeness (QED) is 0.762. The highest BCUT2D eigenvalue weighted by atomic mass is 35.5. The van der Waals surface area contributed by atoms with Crippen LogP contribution in [-0.2, 0) is 11.2 Å². The molecule has 0 bridgehead atoms. The molecule has 0 unspecified atom stereocenters. The molecule has 2 aromatic rings. The summed E-state index contributed by atoms with van der Waals surface area (Å²) in [6, 6.07) is 1.94. The van der Waals surface area contributed by atoms with Gasteiger partial charge in [-0.05, 0) is 29.7 Å². The Morgan fingerprint density at radius 1 is 1.55 bits per heavy atom. The smallest absolute Gasteiger partial charge is 0.307 e. The molecule has 0 spiro atoms. The summed E-state index contributed by atoms with van der Waals surface area (Å²) >= 11 is 6.04. The van der Waals surface area contributed by atoms with Crippen LogP contribution in [0.2, 0.25) is 0 Å². The molecule has 108 valence electrons. The Bertz CT molecular complexity index is 667. The first kappa shape index (κ1) is 15.0. The van der Waals surface area contributed by atoms with E-state index in [4.69, 9.17) is 16.7 Å². The molecule has 6 heteroatoms. The van der Waals surface area contributed by atoms with Crippen LogP contribution in [0, 0.1) is 6.92 Å². The molecule has 0 saturated heterocycles. The lowest BCUT2D eigenvalue weighted by Gasteiger charge is -2.11. The van der Waals surface area contributed by atoms with Crippen LogP contribution in [0.1, 0.15) is 22.6 Å². The highest BCUT2D eigenvalue weighted by Crippen LogP contribution is 2.41. The van der Waals surface area contributed by atoms with Gasteiger partial charge in [-0.15, -0.1) is 24.0 Å². The zero-order valence-electron chi connectivity index (χ0n) is 11.0. The minimum absolute atomic E-state index is 0. The van der Waals surface area contributed by atoms with Gasteiger partial charge < -0.3 is 15.4 Å². The number of carboxylic acid groups (broad SMARTS) is 1. The van der Waals surface area contributed by atoms with Gasteiger partial charge in [-0.2, -0.15) is 0 Å². The van der Waals surface area contributed by atoms with Crippen molar-refractivity contribution in [1.82, 2.24) is 4.98 Å². The predicted molar refractivity (Wildman–Crippen MR) is 83.6 cm³/mol. The van der Waals surface area contributed by atoms with E-state index >= 15 is 0 Å². The Morgan fingerprint density at radius 3 is 2.95 bits per heavy atom. The molecule has 2 heterocycles. The monoisotopic (exact) mass is 314 g/mol. The number of aromatic nitrogens is 1. The van der Waals surface area contributed by atoms with Gasteiger partial charge in [0.15, 0.2) is 0 Å². The summed E-state index contributed by atoms with van der Waals surface area (Å²) in [5, 5.41) is 13.5. The molecule has 1 aliphatic rings. The number of carboxylic acids is 1. The largest absolute Gasteiger partial charge is 0.481 e. The Kier molecular flexibility index (Phi) is 4.16. The van der Waals surface area contributed by atoms with Crippen molar-refractivity contribution in [2.75, 3.05) is 17.7 Å². The normalized spacial score (nSPS) is 16.6. The van der Waals surface area contributed by atoms with Crippen LogP contribution >= 0.6 is 24.0 Å². The van der Waals surface area contributed by atoms with E-state index in [0.29, 0.717) is 5.88 Å². The third-order valence-electron chi connectivity index (χ3n) is 3.75. The molecular formula is C14H16Cl2N2O2. The molecule has 1 aromatic heterocycles. The first-order valence-corrected chi connectivity index (χ1v) is 6.80. The fourth-order valence-corrected chi connectivity index (χ4v) is 3.18. The summed E-state index contributed by atoms with van der Waals surface area (Å²) in [6.07, 6.45) is 1.96. The van der Waals surface area contributed by atoms with E-state index in [2.05, 4.69) is 10.3 Å². The number of benzene rings is 1. The molecule has 1 aromatic carbocycles. The number of carbonyl (C=O) groups is 1. The van der Waals surface area contributed by atoms with E-state index in [-0.39, 0.29) is 24.7 Å². The molecule has 4 nitrogen and oxygen atoms in total. The maximum atomic E-state index is 11.0. The molecule has 0 amide bonds. The van der Waals surface area contributed by atoms with Crippen LogP contribution in [0.15, 0.2) is 12.3 Å². The van der Waals surface area contributed by atoms with E-state index in [1.807, 2.05) is 19.2 Å². The van der Waals surface area contributed by atoms with Crippen LogP contribution in [-0.4, -0.2) is 28.5 Å². The average Bonchev–Trinajstić information content (AvgIpc) is 2.92. The van der Waals surface area contributed by atoms with Gasteiger partial charge in [0.05, 0.1) is 6.42 Å².